The number of hydrogen-bond acceptors (Lipinski definition) is 5. The van der Waals surface area contributed by atoms with Gasteiger partial charge in [-0.2, -0.15) is 0 Å². The van der Waals surface area contributed by atoms with E-state index in [-0.39, 0.29) is 17.9 Å². The molecule has 0 bridgehead atoms. The van der Waals surface area contributed by atoms with Crippen LogP contribution in [0.25, 0.3) is 10.9 Å². The van der Waals surface area contributed by atoms with Gasteiger partial charge in [0.25, 0.3) is 0 Å². The van der Waals surface area contributed by atoms with Crippen molar-refractivity contribution in [3.05, 3.63) is 42.1 Å². The molecule has 1 aromatic carbocycles. The van der Waals surface area contributed by atoms with Crippen LogP contribution in [0.3, 0.4) is 0 Å². The van der Waals surface area contributed by atoms with Gasteiger partial charge in [-0.3, -0.25) is 9.78 Å². The quantitative estimate of drug-likeness (QED) is 0.578. The number of rotatable bonds is 11. The number of fused-ring (bicyclic) bond motifs is 1. The molecule has 158 valence electrons. The van der Waals surface area contributed by atoms with Crippen LogP contribution < -0.4 is 5.32 Å². The van der Waals surface area contributed by atoms with Crippen LogP contribution >= 0.6 is 0 Å². The van der Waals surface area contributed by atoms with Gasteiger partial charge in [-0.25, -0.2) is 13.2 Å². The molecule has 0 saturated carbocycles. The number of carbonyl (C=O) groups is 2. The monoisotopic (exact) mass is 420 g/mol. The Bertz CT molecular complexity index is 953. The standard InChI is InChI=1S/C21H28N2O5S/c1-3-5-11-18(21(25)26)23-20(24)17(14-29(27,28)4-2)13-16-9-6-8-15-10-7-12-22-19(15)16/h6-10,12,17-18H,3-5,11,13-14H2,1-2H3,(H,23,24)(H,25,26)/t17-,18+/m1/s1. The molecule has 0 aliphatic rings. The second kappa shape index (κ2) is 10.3. The van der Waals surface area contributed by atoms with Gasteiger partial charge >= 0.3 is 5.97 Å². The molecule has 1 aromatic heterocycles. The zero-order chi connectivity index (χ0) is 21.4. The van der Waals surface area contributed by atoms with Crippen molar-refractivity contribution >= 4 is 32.6 Å². The Kier molecular flexibility index (Phi) is 8.13. The number of carboxylic acid groups (broad SMARTS) is 1. The van der Waals surface area contributed by atoms with Crippen molar-refractivity contribution < 1.29 is 23.1 Å². The number of nitrogens with zero attached hydrogens (tertiary/aromatic N) is 1. The number of hydrogen-bond donors (Lipinski definition) is 2. The van der Waals surface area contributed by atoms with Crippen LogP contribution in [-0.2, 0) is 25.8 Å². The number of sulfone groups is 1. The number of para-hydroxylation sites is 1. The summed E-state index contributed by atoms with van der Waals surface area (Å²) in [6, 6.07) is 8.23. The molecule has 2 aromatic rings. The van der Waals surface area contributed by atoms with E-state index in [2.05, 4.69) is 10.3 Å². The minimum atomic E-state index is -3.44. The van der Waals surface area contributed by atoms with Gasteiger partial charge in [-0.05, 0) is 24.5 Å². The number of pyridine rings is 1. The lowest BCUT2D eigenvalue weighted by Gasteiger charge is -2.21. The van der Waals surface area contributed by atoms with Crippen LogP contribution in [0.2, 0.25) is 0 Å². The Labute approximate surface area is 171 Å². The molecule has 0 aliphatic carbocycles. The lowest BCUT2D eigenvalue weighted by molar-refractivity contribution is -0.142. The Hall–Kier alpha value is -2.48. The number of aromatic nitrogens is 1. The molecule has 7 nitrogen and oxygen atoms in total. The Balaban J connectivity index is 2.31. The summed E-state index contributed by atoms with van der Waals surface area (Å²) >= 11 is 0. The van der Waals surface area contributed by atoms with Crippen molar-refractivity contribution in [1.82, 2.24) is 10.3 Å². The van der Waals surface area contributed by atoms with Gasteiger partial charge in [-0.15, -0.1) is 0 Å². The van der Waals surface area contributed by atoms with Crippen LogP contribution in [0, 0.1) is 5.92 Å². The summed E-state index contributed by atoms with van der Waals surface area (Å²) in [6.45, 7) is 3.47. The number of carboxylic acids is 1. The van der Waals surface area contributed by atoms with E-state index in [1.165, 1.54) is 6.92 Å². The molecule has 0 unspecified atom stereocenters. The van der Waals surface area contributed by atoms with E-state index in [9.17, 15) is 23.1 Å². The third-order valence-corrected chi connectivity index (χ3v) is 6.70. The summed E-state index contributed by atoms with van der Waals surface area (Å²) in [6.07, 6.45) is 3.58. The third kappa shape index (κ3) is 6.52. The fraction of sp³-hybridized carbons (Fsp3) is 0.476. The van der Waals surface area contributed by atoms with Crippen molar-refractivity contribution in [2.45, 2.75) is 45.6 Å². The van der Waals surface area contributed by atoms with Gasteiger partial charge in [0.2, 0.25) is 5.91 Å². The van der Waals surface area contributed by atoms with Crippen molar-refractivity contribution in [2.24, 2.45) is 5.92 Å². The van der Waals surface area contributed by atoms with Gasteiger partial charge in [-0.1, -0.05) is 51.0 Å². The van der Waals surface area contributed by atoms with Crippen molar-refractivity contribution in [2.75, 3.05) is 11.5 Å². The molecule has 1 amide bonds. The van der Waals surface area contributed by atoms with Crippen LogP contribution in [0.5, 0.6) is 0 Å². The number of benzene rings is 1. The number of aliphatic carboxylic acids is 1. The molecule has 2 atom stereocenters. The van der Waals surface area contributed by atoms with Crippen LogP contribution in [0.15, 0.2) is 36.5 Å². The summed E-state index contributed by atoms with van der Waals surface area (Å²) in [5.74, 6) is -2.98. The average Bonchev–Trinajstić information content (AvgIpc) is 2.70. The van der Waals surface area contributed by atoms with Crippen LogP contribution in [0.4, 0.5) is 0 Å². The first-order chi connectivity index (χ1) is 13.8. The maximum atomic E-state index is 12.9. The van der Waals surface area contributed by atoms with Crippen LogP contribution in [0.1, 0.15) is 38.7 Å². The minimum absolute atomic E-state index is 0.0806. The molecule has 8 heteroatoms. The maximum Gasteiger partial charge on any atom is 0.326 e. The highest BCUT2D eigenvalue weighted by atomic mass is 32.2. The summed E-state index contributed by atoms with van der Waals surface area (Å²) in [4.78, 5) is 28.8. The minimum Gasteiger partial charge on any atom is -0.480 e. The van der Waals surface area contributed by atoms with Gasteiger partial charge in [0, 0.05) is 17.3 Å². The normalized spacial score (nSPS) is 13.7. The lowest BCUT2D eigenvalue weighted by atomic mass is 9.97. The van der Waals surface area contributed by atoms with E-state index in [0.29, 0.717) is 18.4 Å². The van der Waals surface area contributed by atoms with E-state index >= 15 is 0 Å². The van der Waals surface area contributed by atoms with Gasteiger partial charge in [0.05, 0.1) is 17.2 Å². The molecule has 0 aliphatic heterocycles. The van der Waals surface area contributed by atoms with Crippen molar-refractivity contribution in [3.63, 3.8) is 0 Å². The summed E-state index contributed by atoms with van der Waals surface area (Å²) < 4.78 is 24.5. The molecule has 2 N–H and O–H groups in total. The lowest BCUT2D eigenvalue weighted by Crippen LogP contribution is -2.45. The number of amides is 1. The molecule has 29 heavy (non-hydrogen) atoms. The summed E-state index contributed by atoms with van der Waals surface area (Å²) in [5, 5.41) is 12.8. The first kappa shape index (κ1) is 22.8. The Morgan fingerprint density at radius 2 is 1.90 bits per heavy atom. The van der Waals surface area contributed by atoms with Crippen molar-refractivity contribution in [3.8, 4) is 0 Å². The highest BCUT2D eigenvalue weighted by Gasteiger charge is 2.29. The number of unbranched alkanes of at least 4 members (excludes halogenated alkanes) is 1. The predicted molar refractivity (Wildman–Crippen MR) is 112 cm³/mol. The molecule has 2 rings (SSSR count). The molecular weight excluding hydrogens is 392 g/mol. The number of nitrogens with one attached hydrogen (secondary N) is 1. The molecule has 0 spiro atoms. The molecular formula is C21H28N2O5S. The zero-order valence-electron chi connectivity index (χ0n) is 16.8. The summed E-state index contributed by atoms with van der Waals surface area (Å²) in [7, 11) is -3.44. The van der Waals surface area contributed by atoms with Crippen molar-refractivity contribution in [1.29, 1.82) is 0 Å². The van der Waals surface area contributed by atoms with Gasteiger partial charge in [0.15, 0.2) is 9.84 Å². The van der Waals surface area contributed by atoms with E-state index in [1.54, 1.807) is 6.20 Å². The molecule has 1 heterocycles. The van der Waals surface area contributed by atoms with E-state index in [0.717, 1.165) is 17.4 Å². The third-order valence-electron chi connectivity index (χ3n) is 4.91. The van der Waals surface area contributed by atoms with Gasteiger partial charge in [0.1, 0.15) is 6.04 Å². The highest BCUT2D eigenvalue weighted by molar-refractivity contribution is 7.91. The second-order valence-electron chi connectivity index (χ2n) is 7.13. The van der Waals surface area contributed by atoms with E-state index in [4.69, 9.17) is 0 Å². The smallest absolute Gasteiger partial charge is 0.326 e. The topological polar surface area (TPSA) is 113 Å². The Morgan fingerprint density at radius 1 is 1.17 bits per heavy atom. The van der Waals surface area contributed by atoms with Crippen LogP contribution in [-0.4, -0.2) is 47.9 Å². The first-order valence-electron chi connectivity index (χ1n) is 9.83. The largest absolute Gasteiger partial charge is 0.480 e. The average molecular weight is 421 g/mol. The maximum absolute atomic E-state index is 12.9. The SMILES string of the molecule is CCCC[C@H](NC(=O)[C@H](Cc1cccc2cccnc12)CS(=O)(=O)CC)C(=O)O. The van der Waals surface area contributed by atoms with Gasteiger partial charge < -0.3 is 10.4 Å². The molecule has 0 fully saturated rings. The van der Waals surface area contributed by atoms with E-state index < -0.39 is 33.7 Å². The predicted octanol–water partition coefficient (Wildman–Crippen LogP) is 2.59. The van der Waals surface area contributed by atoms with E-state index in [1.807, 2.05) is 37.3 Å². The number of carbonyl (C=O) groups excluding carboxylic acids is 1. The fourth-order valence-corrected chi connectivity index (χ4v) is 4.32. The molecule has 0 radical (unpaired) electrons. The fourth-order valence-electron chi connectivity index (χ4n) is 3.20. The zero-order valence-corrected chi connectivity index (χ0v) is 17.6. The molecule has 0 saturated heterocycles. The summed E-state index contributed by atoms with van der Waals surface area (Å²) in [5.41, 5.74) is 1.47. The second-order valence-corrected chi connectivity index (χ2v) is 9.53. The Morgan fingerprint density at radius 3 is 2.55 bits per heavy atom. The highest BCUT2D eigenvalue weighted by Crippen LogP contribution is 2.21. The first-order valence-corrected chi connectivity index (χ1v) is 11.7.